The van der Waals surface area contributed by atoms with E-state index in [1.165, 1.54) is 17.2 Å². The first-order valence-corrected chi connectivity index (χ1v) is 9.00. The number of alkyl halides is 3. The molecular formula is C22H25F3O. The molecule has 0 saturated heterocycles. The van der Waals surface area contributed by atoms with Gasteiger partial charge in [-0.25, -0.2) is 0 Å². The van der Waals surface area contributed by atoms with Crippen molar-refractivity contribution >= 4 is 0 Å². The summed E-state index contributed by atoms with van der Waals surface area (Å²) in [6.07, 6.45) is -3.60. The SMILES string of the molecule is Cc1cc2c(cc1-c1ccccc1OC(F)(F)F)C(C)C(C)CC2(C)C. The third-order valence-corrected chi connectivity index (χ3v) is 5.70. The van der Waals surface area contributed by atoms with E-state index in [9.17, 15) is 13.2 Å². The summed E-state index contributed by atoms with van der Waals surface area (Å²) in [6.45, 7) is 10.9. The standard InChI is InChI=1S/C22H25F3O/c1-13-10-19-18(15(3)14(2)12-21(19,4)5)11-17(13)16-8-6-7-9-20(16)26-22(23,24)25/h6-11,14-15H,12H2,1-5H3. The number of benzene rings is 2. The highest BCUT2D eigenvalue weighted by molar-refractivity contribution is 5.75. The van der Waals surface area contributed by atoms with Gasteiger partial charge in [-0.05, 0) is 58.9 Å². The van der Waals surface area contributed by atoms with E-state index in [0.717, 1.165) is 17.5 Å². The predicted octanol–water partition coefficient (Wildman–Crippen LogP) is 6.98. The highest BCUT2D eigenvalue weighted by atomic mass is 19.4. The highest BCUT2D eigenvalue weighted by Gasteiger charge is 2.36. The van der Waals surface area contributed by atoms with Crippen LogP contribution < -0.4 is 4.74 Å². The fourth-order valence-corrected chi connectivity index (χ4v) is 4.28. The Morgan fingerprint density at radius 2 is 1.69 bits per heavy atom. The van der Waals surface area contributed by atoms with Gasteiger partial charge in [-0.2, -0.15) is 0 Å². The van der Waals surface area contributed by atoms with E-state index >= 15 is 0 Å². The van der Waals surface area contributed by atoms with Crippen LogP contribution in [0, 0.1) is 12.8 Å². The second-order valence-electron chi connectivity index (χ2n) is 8.15. The molecule has 140 valence electrons. The Hall–Kier alpha value is -1.97. The van der Waals surface area contributed by atoms with E-state index in [1.54, 1.807) is 18.2 Å². The van der Waals surface area contributed by atoms with Gasteiger partial charge in [-0.3, -0.25) is 0 Å². The fourth-order valence-electron chi connectivity index (χ4n) is 4.28. The molecule has 2 atom stereocenters. The van der Waals surface area contributed by atoms with Gasteiger partial charge < -0.3 is 4.74 Å². The molecule has 26 heavy (non-hydrogen) atoms. The fraction of sp³-hybridized carbons (Fsp3) is 0.455. The van der Waals surface area contributed by atoms with Crippen LogP contribution in [0.2, 0.25) is 0 Å². The summed E-state index contributed by atoms with van der Waals surface area (Å²) in [5.74, 6) is 0.738. The van der Waals surface area contributed by atoms with Crippen molar-refractivity contribution in [2.75, 3.05) is 0 Å². The van der Waals surface area contributed by atoms with Crippen LogP contribution >= 0.6 is 0 Å². The van der Waals surface area contributed by atoms with Gasteiger partial charge in [0.25, 0.3) is 0 Å². The molecular weight excluding hydrogens is 337 g/mol. The van der Waals surface area contributed by atoms with Gasteiger partial charge in [0.2, 0.25) is 0 Å². The van der Waals surface area contributed by atoms with Crippen LogP contribution in [0.3, 0.4) is 0 Å². The van der Waals surface area contributed by atoms with Crippen molar-refractivity contribution in [3.8, 4) is 16.9 Å². The lowest BCUT2D eigenvalue weighted by molar-refractivity contribution is -0.274. The van der Waals surface area contributed by atoms with Crippen LogP contribution in [0.4, 0.5) is 13.2 Å². The summed E-state index contributed by atoms with van der Waals surface area (Å²) < 4.78 is 42.7. The molecule has 1 aliphatic carbocycles. The molecule has 2 aromatic carbocycles. The maximum absolute atomic E-state index is 12.8. The monoisotopic (exact) mass is 362 g/mol. The van der Waals surface area contributed by atoms with E-state index in [0.29, 0.717) is 17.4 Å². The molecule has 1 aliphatic rings. The number of halogens is 3. The van der Waals surface area contributed by atoms with Crippen LogP contribution in [-0.2, 0) is 5.41 Å². The lowest BCUT2D eigenvalue weighted by Crippen LogP contribution is -2.30. The van der Waals surface area contributed by atoms with E-state index in [4.69, 9.17) is 0 Å². The topological polar surface area (TPSA) is 9.23 Å². The predicted molar refractivity (Wildman–Crippen MR) is 98.5 cm³/mol. The molecule has 0 aromatic heterocycles. The molecule has 0 N–H and O–H groups in total. The summed E-state index contributed by atoms with van der Waals surface area (Å²) in [4.78, 5) is 0. The van der Waals surface area contributed by atoms with Gasteiger partial charge in [0, 0.05) is 5.56 Å². The van der Waals surface area contributed by atoms with Gasteiger partial charge in [0.1, 0.15) is 5.75 Å². The van der Waals surface area contributed by atoms with Gasteiger partial charge in [0.05, 0.1) is 0 Å². The molecule has 2 aromatic rings. The first-order valence-electron chi connectivity index (χ1n) is 9.00. The number of hydrogen-bond acceptors (Lipinski definition) is 1. The van der Waals surface area contributed by atoms with Gasteiger partial charge in [-0.1, -0.05) is 58.0 Å². The Morgan fingerprint density at radius 1 is 1.04 bits per heavy atom. The molecule has 0 heterocycles. The van der Waals surface area contributed by atoms with Crippen molar-refractivity contribution < 1.29 is 17.9 Å². The summed E-state index contributed by atoms with van der Waals surface area (Å²) in [5.41, 5.74) is 4.85. The van der Waals surface area contributed by atoms with Crippen molar-refractivity contribution in [1.82, 2.24) is 0 Å². The number of hydrogen-bond donors (Lipinski definition) is 0. The maximum atomic E-state index is 12.8. The molecule has 0 spiro atoms. The molecule has 0 amide bonds. The van der Waals surface area contributed by atoms with Crippen molar-refractivity contribution in [3.63, 3.8) is 0 Å². The molecule has 0 bridgehead atoms. The van der Waals surface area contributed by atoms with Crippen LogP contribution in [-0.4, -0.2) is 6.36 Å². The molecule has 0 saturated carbocycles. The zero-order valence-corrected chi connectivity index (χ0v) is 15.9. The first-order chi connectivity index (χ1) is 12.0. The summed E-state index contributed by atoms with van der Waals surface area (Å²) in [7, 11) is 0. The molecule has 1 nitrogen and oxygen atoms in total. The first kappa shape index (κ1) is 18.8. The van der Waals surface area contributed by atoms with E-state index in [-0.39, 0.29) is 11.2 Å². The second-order valence-corrected chi connectivity index (χ2v) is 8.15. The molecule has 0 aliphatic heterocycles. The minimum absolute atomic E-state index is 0.0620. The Labute approximate surface area is 153 Å². The summed E-state index contributed by atoms with van der Waals surface area (Å²) in [5, 5.41) is 0. The average Bonchev–Trinajstić information content (AvgIpc) is 2.51. The number of fused-ring (bicyclic) bond motifs is 1. The van der Waals surface area contributed by atoms with E-state index in [1.807, 2.05) is 6.92 Å². The van der Waals surface area contributed by atoms with Crippen LogP contribution in [0.15, 0.2) is 36.4 Å². The molecule has 4 heteroatoms. The largest absolute Gasteiger partial charge is 0.573 e. The third-order valence-electron chi connectivity index (χ3n) is 5.70. The lowest BCUT2D eigenvalue weighted by Gasteiger charge is -2.41. The van der Waals surface area contributed by atoms with Crippen molar-refractivity contribution in [3.05, 3.63) is 53.1 Å². The maximum Gasteiger partial charge on any atom is 0.573 e. The van der Waals surface area contributed by atoms with Crippen LogP contribution in [0.25, 0.3) is 11.1 Å². The Balaban J connectivity index is 2.17. The zero-order valence-electron chi connectivity index (χ0n) is 15.9. The van der Waals surface area contributed by atoms with Gasteiger partial charge >= 0.3 is 6.36 Å². The summed E-state index contributed by atoms with van der Waals surface area (Å²) in [6, 6.07) is 10.6. The minimum atomic E-state index is -4.71. The van der Waals surface area contributed by atoms with Gasteiger partial charge in [-0.15, -0.1) is 13.2 Å². The molecule has 3 rings (SSSR count). The minimum Gasteiger partial charge on any atom is -0.405 e. The zero-order chi connectivity index (χ0) is 19.3. The Bertz CT molecular complexity index is 821. The smallest absolute Gasteiger partial charge is 0.405 e. The summed E-state index contributed by atoms with van der Waals surface area (Å²) >= 11 is 0. The molecule has 2 unspecified atom stereocenters. The average molecular weight is 362 g/mol. The quantitative estimate of drug-likeness (QED) is 0.560. The Kier molecular flexibility index (Phi) is 4.58. The van der Waals surface area contributed by atoms with E-state index < -0.39 is 6.36 Å². The van der Waals surface area contributed by atoms with Crippen LogP contribution in [0.1, 0.15) is 56.7 Å². The normalized spacial score (nSPS) is 22.0. The number of rotatable bonds is 2. The second kappa shape index (κ2) is 6.33. The Morgan fingerprint density at radius 3 is 2.35 bits per heavy atom. The molecule has 0 radical (unpaired) electrons. The molecule has 0 fully saturated rings. The van der Waals surface area contributed by atoms with Crippen LogP contribution in [0.5, 0.6) is 5.75 Å². The highest BCUT2D eigenvalue weighted by Crippen LogP contribution is 2.48. The number of aryl methyl sites for hydroxylation is 1. The van der Waals surface area contributed by atoms with Crippen molar-refractivity contribution in [2.45, 2.75) is 58.7 Å². The van der Waals surface area contributed by atoms with Crippen molar-refractivity contribution in [1.29, 1.82) is 0 Å². The van der Waals surface area contributed by atoms with Gasteiger partial charge in [0.15, 0.2) is 0 Å². The third kappa shape index (κ3) is 3.46. The number of para-hydroxylation sites is 1. The van der Waals surface area contributed by atoms with E-state index in [2.05, 4.69) is 44.6 Å². The number of ether oxygens (including phenoxy) is 1. The van der Waals surface area contributed by atoms with Crippen molar-refractivity contribution in [2.24, 2.45) is 5.92 Å². The lowest BCUT2D eigenvalue weighted by atomic mass is 9.64.